The average molecular weight is 220 g/mol. The second-order valence-corrected chi connectivity index (χ2v) is 3.84. The van der Waals surface area contributed by atoms with E-state index >= 15 is 0 Å². The van der Waals surface area contributed by atoms with Crippen LogP contribution in [0.15, 0.2) is 24.3 Å². The van der Waals surface area contributed by atoms with Crippen LogP contribution in [0.4, 0.5) is 0 Å². The SMILES string of the molecule is CCN(CC)CCc1ccc(C(N)=O)cc1. The van der Waals surface area contributed by atoms with E-state index in [-0.39, 0.29) is 5.91 Å². The lowest BCUT2D eigenvalue weighted by molar-refractivity contribution is 0.100. The number of hydrogen-bond donors (Lipinski definition) is 1. The zero-order valence-electron chi connectivity index (χ0n) is 10.1. The van der Waals surface area contributed by atoms with Crippen LogP contribution in [-0.2, 0) is 6.42 Å². The van der Waals surface area contributed by atoms with E-state index in [1.807, 2.05) is 12.1 Å². The fourth-order valence-electron chi connectivity index (χ4n) is 1.66. The van der Waals surface area contributed by atoms with E-state index in [0.717, 1.165) is 26.1 Å². The van der Waals surface area contributed by atoms with E-state index in [1.54, 1.807) is 12.1 Å². The van der Waals surface area contributed by atoms with Crippen molar-refractivity contribution in [3.63, 3.8) is 0 Å². The predicted molar refractivity (Wildman–Crippen MR) is 66.5 cm³/mol. The molecule has 0 atom stereocenters. The number of hydrogen-bond acceptors (Lipinski definition) is 2. The largest absolute Gasteiger partial charge is 0.366 e. The van der Waals surface area contributed by atoms with E-state index in [1.165, 1.54) is 5.56 Å². The summed E-state index contributed by atoms with van der Waals surface area (Å²) in [6.07, 6.45) is 1.01. The van der Waals surface area contributed by atoms with E-state index in [0.29, 0.717) is 5.56 Å². The van der Waals surface area contributed by atoms with Crippen LogP contribution in [0.5, 0.6) is 0 Å². The van der Waals surface area contributed by atoms with Crippen LogP contribution in [0, 0.1) is 0 Å². The molecule has 0 saturated heterocycles. The topological polar surface area (TPSA) is 46.3 Å². The van der Waals surface area contributed by atoms with Crippen molar-refractivity contribution < 1.29 is 4.79 Å². The minimum absolute atomic E-state index is 0.365. The van der Waals surface area contributed by atoms with Gasteiger partial charge in [-0.25, -0.2) is 0 Å². The Labute approximate surface area is 97.2 Å². The van der Waals surface area contributed by atoms with Gasteiger partial charge in [0.1, 0.15) is 0 Å². The van der Waals surface area contributed by atoms with Crippen molar-refractivity contribution in [2.75, 3.05) is 19.6 Å². The van der Waals surface area contributed by atoms with Crippen LogP contribution >= 0.6 is 0 Å². The maximum Gasteiger partial charge on any atom is 0.248 e. The molecule has 0 aliphatic rings. The first kappa shape index (κ1) is 12.7. The molecule has 0 saturated carbocycles. The molecular weight excluding hydrogens is 200 g/mol. The number of carbonyl (C=O) groups excluding carboxylic acids is 1. The Balaban J connectivity index is 2.52. The molecule has 0 aromatic heterocycles. The number of amides is 1. The number of primary amides is 1. The molecule has 0 heterocycles. The fraction of sp³-hybridized carbons (Fsp3) is 0.462. The normalized spacial score (nSPS) is 10.7. The first-order valence-corrected chi connectivity index (χ1v) is 5.78. The molecule has 0 unspecified atom stereocenters. The van der Waals surface area contributed by atoms with Crippen LogP contribution in [-0.4, -0.2) is 30.4 Å². The quantitative estimate of drug-likeness (QED) is 0.792. The third-order valence-electron chi connectivity index (χ3n) is 2.85. The summed E-state index contributed by atoms with van der Waals surface area (Å²) < 4.78 is 0. The number of carbonyl (C=O) groups is 1. The van der Waals surface area contributed by atoms with E-state index in [4.69, 9.17) is 5.73 Å². The van der Waals surface area contributed by atoms with Crippen molar-refractivity contribution >= 4 is 5.91 Å². The molecule has 2 N–H and O–H groups in total. The highest BCUT2D eigenvalue weighted by molar-refractivity contribution is 5.92. The van der Waals surface area contributed by atoms with Gasteiger partial charge < -0.3 is 10.6 Å². The van der Waals surface area contributed by atoms with Crippen LogP contribution in [0.1, 0.15) is 29.8 Å². The van der Waals surface area contributed by atoms with Crippen molar-refractivity contribution in [1.82, 2.24) is 4.90 Å². The molecule has 0 bridgehead atoms. The molecule has 0 fully saturated rings. The second-order valence-electron chi connectivity index (χ2n) is 3.84. The molecule has 0 radical (unpaired) electrons. The first-order valence-electron chi connectivity index (χ1n) is 5.78. The Morgan fingerprint density at radius 2 is 1.75 bits per heavy atom. The zero-order chi connectivity index (χ0) is 12.0. The van der Waals surface area contributed by atoms with Gasteiger partial charge in [0.2, 0.25) is 5.91 Å². The lowest BCUT2D eigenvalue weighted by Crippen LogP contribution is -2.25. The number of nitrogens with zero attached hydrogens (tertiary/aromatic N) is 1. The summed E-state index contributed by atoms with van der Waals surface area (Å²) in [5.74, 6) is -0.365. The Morgan fingerprint density at radius 3 is 2.19 bits per heavy atom. The lowest BCUT2D eigenvalue weighted by atomic mass is 10.1. The Kier molecular flexibility index (Phi) is 4.99. The van der Waals surface area contributed by atoms with Crippen molar-refractivity contribution in [2.45, 2.75) is 20.3 Å². The predicted octanol–water partition coefficient (Wildman–Crippen LogP) is 1.67. The van der Waals surface area contributed by atoms with Gasteiger partial charge in [0, 0.05) is 12.1 Å². The van der Waals surface area contributed by atoms with E-state index in [9.17, 15) is 4.79 Å². The smallest absolute Gasteiger partial charge is 0.248 e. The maximum atomic E-state index is 10.9. The molecule has 0 spiro atoms. The van der Waals surface area contributed by atoms with E-state index in [2.05, 4.69) is 18.7 Å². The van der Waals surface area contributed by atoms with Gasteiger partial charge in [-0.2, -0.15) is 0 Å². The minimum atomic E-state index is -0.365. The van der Waals surface area contributed by atoms with Gasteiger partial charge in [-0.05, 0) is 37.2 Å². The number of rotatable bonds is 6. The van der Waals surface area contributed by atoms with Crippen LogP contribution in [0.25, 0.3) is 0 Å². The third kappa shape index (κ3) is 3.66. The summed E-state index contributed by atoms with van der Waals surface area (Å²) in [7, 11) is 0. The monoisotopic (exact) mass is 220 g/mol. The lowest BCUT2D eigenvalue weighted by Gasteiger charge is -2.17. The van der Waals surface area contributed by atoms with Gasteiger partial charge in [-0.15, -0.1) is 0 Å². The molecule has 0 aliphatic heterocycles. The summed E-state index contributed by atoms with van der Waals surface area (Å²) >= 11 is 0. The van der Waals surface area contributed by atoms with Gasteiger partial charge in [0.15, 0.2) is 0 Å². The Bertz CT molecular complexity index is 328. The van der Waals surface area contributed by atoms with Gasteiger partial charge in [0.25, 0.3) is 0 Å². The molecule has 0 aliphatic carbocycles. The highest BCUT2D eigenvalue weighted by Crippen LogP contribution is 2.05. The van der Waals surface area contributed by atoms with Crippen molar-refractivity contribution in [3.05, 3.63) is 35.4 Å². The first-order chi connectivity index (χ1) is 7.67. The summed E-state index contributed by atoms with van der Waals surface area (Å²) in [6, 6.07) is 7.53. The molecule has 3 heteroatoms. The van der Waals surface area contributed by atoms with Gasteiger partial charge in [-0.3, -0.25) is 4.79 Å². The number of likely N-dealkylation sites (N-methyl/N-ethyl adjacent to an activating group) is 1. The summed E-state index contributed by atoms with van der Waals surface area (Å²) in [6.45, 7) is 7.55. The fourth-order valence-corrected chi connectivity index (χ4v) is 1.66. The van der Waals surface area contributed by atoms with Gasteiger partial charge in [-0.1, -0.05) is 26.0 Å². The Hall–Kier alpha value is -1.35. The molecule has 16 heavy (non-hydrogen) atoms. The second kappa shape index (κ2) is 6.28. The standard InChI is InChI=1S/C13H20N2O/c1-3-15(4-2)10-9-11-5-7-12(8-6-11)13(14)16/h5-8H,3-4,9-10H2,1-2H3,(H2,14,16). The number of benzene rings is 1. The van der Waals surface area contributed by atoms with Crippen LogP contribution < -0.4 is 5.73 Å². The molecule has 3 nitrogen and oxygen atoms in total. The van der Waals surface area contributed by atoms with Crippen molar-refractivity contribution in [2.24, 2.45) is 5.73 Å². The molecule has 1 aromatic rings. The van der Waals surface area contributed by atoms with Gasteiger partial charge >= 0.3 is 0 Å². The molecule has 1 rings (SSSR count). The maximum absolute atomic E-state index is 10.9. The zero-order valence-corrected chi connectivity index (χ0v) is 10.1. The van der Waals surface area contributed by atoms with E-state index < -0.39 is 0 Å². The molecule has 88 valence electrons. The van der Waals surface area contributed by atoms with Crippen LogP contribution in [0.3, 0.4) is 0 Å². The Morgan fingerprint density at radius 1 is 1.19 bits per heavy atom. The summed E-state index contributed by atoms with van der Waals surface area (Å²) in [4.78, 5) is 13.3. The highest BCUT2D eigenvalue weighted by atomic mass is 16.1. The molecular formula is C13H20N2O. The minimum Gasteiger partial charge on any atom is -0.366 e. The van der Waals surface area contributed by atoms with Crippen molar-refractivity contribution in [3.8, 4) is 0 Å². The summed E-state index contributed by atoms with van der Waals surface area (Å²) in [5, 5.41) is 0. The summed E-state index contributed by atoms with van der Waals surface area (Å²) in [5.41, 5.74) is 7.00. The van der Waals surface area contributed by atoms with Crippen molar-refractivity contribution in [1.29, 1.82) is 0 Å². The number of nitrogens with two attached hydrogens (primary N) is 1. The highest BCUT2D eigenvalue weighted by Gasteiger charge is 2.02. The average Bonchev–Trinajstić information content (AvgIpc) is 2.31. The molecule has 1 aromatic carbocycles. The molecule has 1 amide bonds. The van der Waals surface area contributed by atoms with Crippen LogP contribution in [0.2, 0.25) is 0 Å². The third-order valence-corrected chi connectivity index (χ3v) is 2.85. The van der Waals surface area contributed by atoms with Gasteiger partial charge in [0.05, 0.1) is 0 Å².